The highest BCUT2D eigenvalue weighted by Crippen LogP contribution is 2.28. The molecule has 0 saturated heterocycles. The van der Waals surface area contributed by atoms with Gasteiger partial charge in [0.05, 0.1) is 10.4 Å². The predicted molar refractivity (Wildman–Crippen MR) is 112 cm³/mol. The van der Waals surface area contributed by atoms with Crippen molar-refractivity contribution in [1.29, 1.82) is 0 Å². The van der Waals surface area contributed by atoms with Crippen molar-refractivity contribution in [3.05, 3.63) is 65.9 Å². The van der Waals surface area contributed by atoms with Gasteiger partial charge in [0.2, 0.25) is 11.0 Å². The molecule has 0 aliphatic carbocycles. The van der Waals surface area contributed by atoms with Crippen LogP contribution in [0.15, 0.2) is 53.4 Å². The van der Waals surface area contributed by atoms with E-state index >= 15 is 0 Å². The summed E-state index contributed by atoms with van der Waals surface area (Å²) in [6, 6.07) is 12.7. The summed E-state index contributed by atoms with van der Waals surface area (Å²) in [5, 5.41) is 7.71. The Bertz CT molecular complexity index is 1170. The van der Waals surface area contributed by atoms with Crippen LogP contribution in [0.5, 0.6) is 0 Å². The van der Waals surface area contributed by atoms with Gasteiger partial charge in [-0.3, -0.25) is 4.79 Å². The molecule has 1 amide bonds. The lowest BCUT2D eigenvalue weighted by atomic mass is 10.3. The van der Waals surface area contributed by atoms with Crippen LogP contribution in [0.25, 0.3) is 15.3 Å². The highest BCUT2D eigenvalue weighted by atomic mass is 32.2. The van der Waals surface area contributed by atoms with Crippen molar-refractivity contribution in [2.24, 2.45) is 0 Å². The number of benzene rings is 2. The summed E-state index contributed by atoms with van der Waals surface area (Å²) in [7, 11) is 0. The summed E-state index contributed by atoms with van der Waals surface area (Å²) < 4.78 is 29.1. The quantitative estimate of drug-likeness (QED) is 0.428. The van der Waals surface area contributed by atoms with Gasteiger partial charge in [-0.25, -0.2) is 13.8 Å². The number of rotatable bonds is 6. The summed E-state index contributed by atoms with van der Waals surface area (Å²) in [5.74, 6) is 0.186. The lowest BCUT2D eigenvalue weighted by molar-refractivity contribution is -0.115. The first-order valence-electron chi connectivity index (χ1n) is 8.80. The second kappa shape index (κ2) is 8.30. The number of thioether (sulfide) groups is 1. The predicted octanol–water partition coefficient (Wildman–Crippen LogP) is 5.19. The Hall–Kier alpha value is -2.78. The molecule has 0 atom stereocenters. The highest BCUT2D eigenvalue weighted by molar-refractivity contribution is 7.99. The molecule has 4 aromatic rings. The van der Waals surface area contributed by atoms with Crippen LogP contribution < -0.4 is 5.32 Å². The number of aromatic nitrogens is 3. The first-order valence-corrected chi connectivity index (χ1v) is 10.6. The van der Waals surface area contributed by atoms with Gasteiger partial charge in [-0.2, -0.15) is 9.78 Å². The second-order valence-corrected chi connectivity index (χ2v) is 8.44. The summed E-state index contributed by atoms with van der Waals surface area (Å²) in [6.45, 7) is 1.81. The number of thiazole rings is 1. The van der Waals surface area contributed by atoms with E-state index in [-0.39, 0.29) is 23.7 Å². The molecule has 9 heteroatoms. The summed E-state index contributed by atoms with van der Waals surface area (Å²) in [5.41, 5.74) is 0.995. The maximum Gasteiger partial charge on any atom is 0.226 e. The highest BCUT2D eigenvalue weighted by Gasteiger charge is 2.16. The van der Waals surface area contributed by atoms with Gasteiger partial charge in [0.15, 0.2) is 0 Å². The minimum Gasteiger partial charge on any atom is -0.310 e. The number of carbonyl (C=O) groups is 1. The second-order valence-electron chi connectivity index (χ2n) is 6.27. The molecule has 0 aliphatic rings. The molecule has 2 heterocycles. The zero-order chi connectivity index (χ0) is 20.4. The molecule has 4 rings (SSSR count). The zero-order valence-electron chi connectivity index (χ0n) is 15.4. The molecule has 0 saturated carbocycles. The monoisotopic (exact) mass is 430 g/mol. The maximum absolute atomic E-state index is 14.0. The van der Waals surface area contributed by atoms with E-state index in [0.717, 1.165) is 4.90 Å². The van der Waals surface area contributed by atoms with Gasteiger partial charge in [0.1, 0.15) is 23.0 Å². The molecule has 0 aliphatic heterocycles. The number of carbonyl (C=O) groups excluding carboxylic acids is 1. The van der Waals surface area contributed by atoms with Crippen LogP contribution in [0.3, 0.4) is 0 Å². The van der Waals surface area contributed by atoms with Crippen molar-refractivity contribution in [3.8, 4) is 5.13 Å². The fraction of sp³-hybridized carbons (Fsp3) is 0.150. The van der Waals surface area contributed by atoms with Crippen LogP contribution in [0.4, 0.5) is 14.6 Å². The van der Waals surface area contributed by atoms with Crippen molar-refractivity contribution in [2.75, 3.05) is 11.1 Å². The number of anilines is 1. The Balaban J connectivity index is 1.45. The molecule has 0 bridgehead atoms. The molecule has 1 N–H and O–H groups in total. The van der Waals surface area contributed by atoms with Gasteiger partial charge in [-0.05, 0) is 43.3 Å². The Morgan fingerprint density at radius 3 is 2.76 bits per heavy atom. The summed E-state index contributed by atoms with van der Waals surface area (Å²) in [6.07, 6.45) is 0.279. The summed E-state index contributed by atoms with van der Waals surface area (Å²) in [4.78, 5) is 17.6. The van der Waals surface area contributed by atoms with E-state index in [2.05, 4.69) is 15.4 Å². The average molecular weight is 431 g/mol. The van der Waals surface area contributed by atoms with Crippen LogP contribution in [0.1, 0.15) is 12.1 Å². The number of hydrogen-bond donors (Lipinski definition) is 1. The molecule has 0 radical (unpaired) electrons. The molecule has 29 heavy (non-hydrogen) atoms. The fourth-order valence-electron chi connectivity index (χ4n) is 2.73. The van der Waals surface area contributed by atoms with Crippen LogP contribution in [-0.4, -0.2) is 26.4 Å². The van der Waals surface area contributed by atoms with Gasteiger partial charge < -0.3 is 5.32 Å². The van der Waals surface area contributed by atoms with Gasteiger partial charge in [0.25, 0.3) is 0 Å². The zero-order valence-corrected chi connectivity index (χ0v) is 17.0. The van der Waals surface area contributed by atoms with Crippen LogP contribution in [0.2, 0.25) is 0 Å². The molecule has 2 aromatic heterocycles. The average Bonchev–Trinajstić information content (AvgIpc) is 3.27. The minimum absolute atomic E-state index is 0.173. The third kappa shape index (κ3) is 4.46. The molecule has 0 spiro atoms. The van der Waals surface area contributed by atoms with Gasteiger partial charge >= 0.3 is 0 Å². The first-order chi connectivity index (χ1) is 14.0. The van der Waals surface area contributed by atoms with E-state index in [1.54, 1.807) is 30.3 Å². The normalized spacial score (nSPS) is 11.1. The van der Waals surface area contributed by atoms with Crippen LogP contribution in [0, 0.1) is 18.6 Å². The van der Waals surface area contributed by atoms with Crippen LogP contribution >= 0.6 is 23.1 Å². The van der Waals surface area contributed by atoms with Crippen molar-refractivity contribution in [3.63, 3.8) is 0 Å². The third-order valence-electron chi connectivity index (χ3n) is 4.05. The largest absolute Gasteiger partial charge is 0.310 e. The first kappa shape index (κ1) is 19.5. The number of halogens is 2. The topological polar surface area (TPSA) is 59.8 Å². The Morgan fingerprint density at radius 2 is 2.00 bits per heavy atom. The number of para-hydroxylation sites is 1. The molecule has 148 valence electrons. The summed E-state index contributed by atoms with van der Waals surface area (Å²) >= 11 is 2.78. The number of nitrogens with zero attached hydrogens (tertiary/aromatic N) is 3. The SMILES string of the molecule is Cc1cc(NC(=O)CCSc2ccc(F)cc2)n(-c2nc3c(F)cccc3s2)n1. The standard InChI is InChI=1S/C20H16F2N4OS2/c1-12-11-17(23-18(27)9-10-28-14-7-5-13(21)6-8-14)26(25-12)20-24-19-15(22)3-2-4-16(19)29-20/h2-8,11H,9-10H2,1H3,(H,23,27). The lowest BCUT2D eigenvalue weighted by Gasteiger charge is -2.06. The van der Waals surface area contributed by atoms with E-state index in [4.69, 9.17) is 0 Å². The van der Waals surface area contributed by atoms with Crippen LogP contribution in [-0.2, 0) is 4.79 Å². The Labute approximate surface area is 173 Å². The maximum atomic E-state index is 14.0. The van der Waals surface area contributed by atoms with E-state index < -0.39 is 5.82 Å². The smallest absolute Gasteiger partial charge is 0.226 e. The van der Waals surface area contributed by atoms with Crippen molar-refractivity contribution in [2.45, 2.75) is 18.2 Å². The van der Waals surface area contributed by atoms with E-state index in [9.17, 15) is 13.6 Å². The van der Waals surface area contributed by atoms with Gasteiger partial charge in [-0.1, -0.05) is 17.4 Å². The van der Waals surface area contributed by atoms with Crippen molar-refractivity contribution < 1.29 is 13.6 Å². The lowest BCUT2D eigenvalue weighted by Crippen LogP contribution is -2.15. The molecular weight excluding hydrogens is 414 g/mol. The van der Waals surface area contributed by atoms with Gasteiger partial charge in [-0.15, -0.1) is 11.8 Å². The number of nitrogens with one attached hydrogen (secondary N) is 1. The number of hydrogen-bond acceptors (Lipinski definition) is 5. The Kier molecular flexibility index (Phi) is 5.59. The van der Waals surface area contributed by atoms with Gasteiger partial charge in [0, 0.05) is 23.1 Å². The van der Waals surface area contributed by atoms with E-state index in [1.165, 1.54) is 46.0 Å². The molecular formula is C20H16F2N4OS2. The minimum atomic E-state index is -0.391. The third-order valence-corrected chi connectivity index (χ3v) is 6.06. The molecule has 5 nitrogen and oxygen atoms in total. The Morgan fingerprint density at radius 1 is 1.21 bits per heavy atom. The van der Waals surface area contributed by atoms with E-state index in [0.29, 0.717) is 27.1 Å². The molecule has 0 unspecified atom stereocenters. The number of fused-ring (bicyclic) bond motifs is 1. The molecule has 0 fully saturated rings. The van der Waals surface area contributed by atoms with Crippen molar-refractivity contribution >= 4 is 45.0 Å². The fourth-order valence-corrected chi connectivity index (χ4v) is 4.52. The number of aryl methyl sites for hydroxylation is 1. The van der Waals surface area contributed by atoms with E-state index in [1.807, 2.05) is 6.92 Å². The number of amides is 1. The molecule has 2 aromatic carbocycles. The van der Waals surface area contributed by atoms with Crippen molar-refractivity contribution in [1.82, 2.24) is 14.8 Å².